The Morgan fingerprint density at radius 3 is 2.72 bits per heavy atom. The summed E-state index contributed by atoms with van der Waals surface area (Å²) in [5.74, 6) is 0.327. The Morgan fingerprint density at radius 1 is 1.28 bits per heavy atom. The molecule has 6 nitrogen and oxygen atoms in total. The monoisotopic (exact) mass is 377 g/mol. The average molecular weight is 377 g/mol. The molecule has 2 aliphatic rings. The van der Waals surface area contributed by atoms with Crippen LogP contribution in [0.25, 0.3) is 0 Å². The van der Waals surface area contributed by atoms with E-state index in [0.717, 1.165) is 12.0 Å². The molecule has 0 bridgehead atoms. The summed E-state index contributed by atoms with van der Waals surface area (Å²) in [7, 11) is -3.47. The lowest BCUT2D eigenvalue weighted by atomic mass is 9.71. The van der Waals surface area contributed by atoms with Crippen molar-refractivity contribution in [3.8, 4) is 0 Å². The van der Waals surface area contributed by atoms with Crippen molar-refractivity contribution < 1.29 is 13.2 Å². The van der Waals surface area contributed by atoms with E-state index in [1.807, 2.05) is 19.1 Å². The number of carbonyl (C=O) groups excluding carboxylic acids is 1. The third kappa shape index (κ3) is 2.98. The molecule has 3 atom stereocenters. The van der Waals surface area contributed by atoms with Crippen LogP contribution in [0.2, 0.25) is 0 Å². The number of fused-ring (bicyclic) bond motifs is 1. The maximum Gasteiger partial charge on any atom is 0.270 e. The lowest BCUT2D eigenvalue weighted by molar-refractivity contribution is 0.0828. The van der Waals surface area contributed by atoms with Gasteiger partial charge in [-0.2, -0.15) is 4.31 Å². The van der Waals surface area contributed by atoms with Crippen LogP contribution >= 0.6 is 11.3 Å². The lowest BCUT2D eigenvalue weighted by Gasteiger charge is -2.39. The number of aryl methyl sites for hydroxylation is 1. The minimum atomic E-state index is -3.47. The van der Waals surface area contributed by atoms with Crippen molar-refractivity contribution in [1.82, 2.24) is 14.6 Å². The van der Waals surface area contributed by atoms with E-state index in [1.165, 1.54) is 11.3 Å². The van der Waals surface area contributed by atoms with Crippen molar-refractivity contribution in [1.29, 1.82) is 0 Å². The molecule has 132 valence electrons. The molecule has 2 fully saturated rings. The zero-order valence-corrected chi connectivity index (χ0v) is 15.4. The summed E-state index contributed by atoms with van der Waals surface area (Å²) in [5, 5.41) is 4.71. The molecule has 25 heavy (non-hydrogen) atoms. The molecule has 1 aromatic heterocycles. The number of benzene rings is 1. The zero-order chi connectivity index (χ0) is 17.6. The van der Waals surface area contributed by atoms with Crippen molar-refractivity contribution >= 4 is 27.3 Å². The Kier molecular flexibility index (Phi) is 4.13. The quantitative estimate of drug-likeness (QED) is 0.882. The molecule has 1 amide bonds. The fourth-order valence-electron chi connectivity index (χ4n) is 3.65. The van der Waals surface area contributed by atoms with Crippen LogP contribution in [0.4, 0.5) is 0 Å². The molecule has 2 heterocycles. The zero-order valence-electron chi connectivity index (χ0n) is 13.8. The van der Waals surface area contributed by atoms with Gasteiger partial charge < -0.3 is 5.32 Å². The van der Waals surface area contributed by atoms with Gasteiger partial charge in [0.05, 0.1) is 10.4 Å². The minimum absolute atomic E-state index is 0.0254. The van der Waals surface area contributed by atoms with Crippen LogP contribution in [0.5, 0.6) is 0 Å². The van der Waals surface area contributed by atoms with Gasteiger partial charge in [-0.05, 0) is 37.3 Å². The number of rotatable bonds is 4. The van der Waals surface area contributed by atoms with Gasteiger partial charge in [0.15, 0.2) is 0 Å². The topological polar surface area (TPSA) is 79.4 Å². The van der Waals surface area contributed by atoms with Crippen molar-refractivity contribution in [3.63, 3.8) is 0 Å². The first-order chi connectivity index (χ1) is 11.9. The van der Waals surface area contributed by atoms with Crippen molar-refractivity contribution in [2.75, 3.05) is 13.1 Å². The van der Waals surface area contributed by atoms with Crippen LogP contribution in [-0.2, 0) is 10.0 Å². The van der Waals surface area contributed by atoms with E-state index in [2.05, 4.69) is 10.3 Å². The number of nitrogens with one attached hydrogen (secondary N) is 1. The summed E-state index contributed by atoms with van der Waals surface area (Å²) >= 11 is 1.38. The predicted octanol–water partition coefficient (Wildman–Crippen LogP) is 1.89. The van der Waals surface area contributed by atoms with Crippen LogP contribution in [0.1, 0.15) is 22.5 Å². The molecule has 1 aliphatic carbocycles. The largest absolute Gasteiger partial charge is 0.348 e. The standard InChI is InChI=1S/C17H19N3O3S2/c1-11-2-4-13(5-3-11)25(22,23)20-7-12-6-15(14(12)8-20)19-17(21)16-9-24-10-18-16/h2-5,9-10,12,14-15H,6-8H2,1H3,(H,19,21)/t12-,14+,15+/m1/s1. The molecule has 0 spiro atoms. The van der Waals surface area contributed by atoms with Gasteiger partial charge in [0.1, 0.15) is 5.69 Å². The van der Waals surface area contributed by atoms with Crippen molar-refractivity contribution in [2.24, 2.45) is 11.8 Å². The Balaban J connectivity index is 1.43. The van der Waals surface area contributed by atoms with Gasteiger partial charge in [-0.1, -0.05) is 17.7 Å². The molecule has 2 aromatic rings. The fraction of sp³-hybridized carbons (Fsp3) is 0.412. The highest BCUT2D eigenvalue weighted by Gasteiger charge is 2.50. The maximum absolute atomic E-state index is 12.8. The highest BCUT2D eigenvalue weighted by molar-refractivity contribution is 7.89. The normalized spacial score (nSPS) is 26.0. The number of aromatic nitrogens is 1. The number of sulfonamides is 1. The van der Waals surface area contributed by atoms with E-state index in [4.69, 9.17) is 0 Å². The molecule has 4 rings (SSSR count). The highest BCUT2D eigenvalue weighted by atomic mass is 32.2. The summed E-state index contributed by atoms with van der Waals surface area (Å²) in [5.41, 5.74) is 3.09. The second-order valence-corrected chi connectivity index (χ2v) is 9.40. The van der Waals surface area contributed by atoms with E-state index < -0.39 is 10.0 Å². The molecular weight excluding hydrogens is 358 g/mol. The van der Waals surface area contributed by atoms with E-state index >= 15 is 0 Å². The summed E-state index contributed by atoms with van der Waals surface area (Å²) in [6.07, 6.45) is 0.820. The van der Waals surface area contributed by atoms with Crippen molar-refractivity contribution in [3.05, 3.63) is 46.4 Å². The van der Waals surface area contributed by atoms with Crippen molar-refractivity contribution in [2.45, 2.75) is 24.3 Å². The Hall–Kier alpha value is -1.77. The molecule has 8 heteroatoms. The van der Waals surface area contributed by atoms with Gasteiger partial charge in [-0.3, -0.25) is 4.79 Å². The van der Waals surface area contributed by atoms with Gasteiger partial charge in [0.2, 0.25) is 10.0 Å². The minimum Gasteiger partial charge on any atom is -0.348 e. The highest BCUT2D eigenvalue weighted by Crippen LogP contribution is 2.42. The summed E-state index contributed by atoms with van der Waals surface area (Å²) < 4.78 is 27.2. The third-order valence-corrected chi connectivity index (χ3v) is 7.60. The first-order valence-corrected chi connectivity index (χ1v) is 10.6. The van der Waals surface area contributed by atoms with Gasteiger partial charge in [-0.25, -0.2) is 13.4 Å². The SMILES string of the molecule is Cc1ccc(S(=O)(=O)N2C[C@H]3C[C@H](NC(=O)c4cscn4)[C@H]3C2)cc1. The fourth-order valence-corrected chi connectivity index (χ4v) is 5.72. The smallest absolute Gasteiger partial charge is 0.270 e. The van der Waals surface area contributed by atoms with E-state index in [1.54, 1.807) is 27.3 Å². The summed E-state index contributed by atoms with van der Waals surface area (Å²) in [6.45, 7) is 2.93. The van der Waals surface area contributed by atoms with Crippen LogP contribution in [0.15, 0.2) is 40.1 Å². The van der Waals surface area contributed by atoms with E-state index in [0.29, 0.717) is 29.6 Å². The molecule has 0 unspecified atom stereocenters. The third-order valence-electron chi connectivity index (χ3n) is 5.17. The average Bonchev–Trinajstić information content (AvgIpc) is 3.21. The number of amides is 1. The maximum atomic E-state index is 12.8. The number of carbonyl (C=O) groups is 1. The predicted molar refractivity (Wildman–Crippen MR) is 94.9 cm³/mol. The first kappa shape index (κ1) is 16.7. The second kappa shape index (κ2) is 6.19. The van der Waals surface area contributed by atoms with Crippen LogP contribution in [0, 0.1) is 18.8 Å². The molecule has 1 N–H and O–H groups in total. The van der Waals surface area contributed by atoms with Gasteiger partial charge in [0.25, 0.3) is 5.91 Å². The molecule has 1 aliphatic heterocycles. The van der Waals surface area contributed by atoms with Crippen LogP contribution in [0.3, 0.4) is 0 Å². The number of nitrogens with zero attached hydrogens (tertiary/aromatic N) is 2. The molecular formula is C17H19N3O3S2. The lowest BCUT2D eigenvalue weighted by Crippen LogP contribution is -2.52. The number of thiazole rings is 1. The molecule has 1 aromatic carbocycles. The summed E-state index contributed by atoms with van der Waals surface area (Å²) in [6, 6.07) is 6.97. The Bertz CT molecular complexity index is 878. The summed E-state index contributed by atoms with van der Waals surface area (Å²) in [4.78, 5) is 16.5. The molecule has 0 radical (unpaired) electrons. The van der Waals surface area contributed by atoms with Gasteiger partial charge in [0, 0.05) is 24.5 Å². The molecule has 1 saturated carbocycles. The molecule has 1 saturated heterocycles. The van der Waals surface area contributed by atoms with E-state index in [-0.39, 0.29) is 17.9 Å². The second-order valence-electron chi connectivity index (χ2n) is 6.75. The number of hydrogen-bond acceptors (Lipinski definition) is 5. The number of hydrogen-bond donors (Lipinski definition) is 1. The van der Waals surface area contributed by atoms with E-state index in [9.17, 15) is 13.2 Å². The Labute approximate surface area is 150 Å². The Morgan fingerprint density at radius 2 is 2.04 bits per heavy atom. The van der Waals surface area contributed by atoms with Gasteiger partial charge >= 0.3 is 0 Å². The van der Waals surface area contributed by atoms with Crippen LogP contribution < -0.4 is 5.32 Å². The first-order valence-electron chi connectivity index (χ1n) is 8.21. The van der Waals surface area contributed by atoms with Crippen LogP contribution in [-0.4, -0.2) is 42.7 Å². The van der Waals surface area contributed by atoms with Gasteiger partial charge in [-0.15, -0.1) is 11.3 Å².